The molecular formula is C16H30N2S. The van der Waals surface area contributed by atoms with E-state index in [0.29, 0.717) is 18.0 Å². The zero-order valence-electron chi connectivity index (χ0n) is 12.8. The molecule has 1 aliphatic heterocycles. The van der Waals surface area contributed by atoms with Crippen molar-refractivity contribution in [1.82, 2.24) is 4.90 Å². The summed E-state index contributed by atoms with van der Waals surface area (Å²) in [5, 5.41) is 0. The van der Waals surface area contributed by atoms with Crippen LogP contribution in [-0.4, -0.2) is 27.5 Å². The van der Waals surface area contributed by atoms with Gasteiger partial charge in [0.15, 0.2) is 0 Å². The first kappa shape index (κ1) is 15.2. The second-order valence-electron chi connectivity index (χ2n) is 7.07. The van der Waals surface area contributed by atoms with Crippen molar-refractivity contribution >= 4 is 17.2 Å². The number of thiocarbonyl (C=S) groups is 1. The molecule has 0 aromatic rings. The zero-order valence-corrected chi connectivity index (χ0v) is 13.6. The van der Waals surface area contributed by atoms with Crippen molar-refractivity contribution in [2.24, 2.45) is 11.7 Å². The number of nitrogens with two attached hydrogens (primary N) is 1. The van der Waals surface area contributed by atoms with E-state index in [1.807, 2.05) is 0 Å². The normalized spacial score (nSPS) is 37.5. The van der Waals surface area contributed by atoms with Crippen LogP contribution in [0.25, 0.3) is 0 Å². The highest BCUT2D eigenvalue weighted by Crippen LogP contribution is 2.39. The van der Waals surface area contributed by atoms with E-state index >= 15 is 0 Å². The Hall–Kier alpha value is -0.150. The Morgan fingerprint density at radius 3 is 2.58 bits per heavy atom. The summed E-state index contributed by atoms with van der Waals surface area (Å²) in [6.45, 7) is 6.83. The first-order chi connectivity index (χ1) is 8.93. The monoisotopic (exact) mass is 282 g/mol. The van der Waals surface area contributed by atoms with E-state index in [9.17, 15) is 0 Å². The smallest absolute Gasteiger partial charge is 0.0784 e. The van der Waals surface area contributed by atoms with Crippen LogP contribution in [-0.2, 0) is 0 Å². The van der Waals surface area contributed by atoms with Crippen molar-refractivity contribution in [3.8, 4) is 0 Å². The molecule has 3 heteroatoms. The minimum Gasteiger partial charge on any atom is -0.360 e. The highest BCUT2D eigenvalue weighted by molar-refractivity contribution is 7.80. The van der Waals surface area contributed by atoms with Gasteiger partial charge in [-0.15, -0.1) is 0 Å². The number of rotatable bonds is 1. The summed E-state index contributed by atoms with van der Waals surface area (Å²) >= 11 is 5.64. The molecule has 1 aliphatic carbocycles. The molecule has 2 rings (SSSR count). The molecule has 0 radical (unpaired) electrons. The van der Waals surface area contributed by atoms with Gasteiger partial charge in [-0.2, -0.15) is 0 Å². The minimum atomic E-state index is -0.0157. The summed E-state index contributed by atoms with van der Waals surface area (Å²) in [4.78, 5) is 3.69. The van der Waals surface area contributed by atoms with Crippen molar-refractivity contribution in [1.29, 1.82) is 0 Å². The van der Waals surface area contributed by atoms with E-state index in [-0.39, 0.29) is 5.54 Å². The van der Waals surface area contributed by atoms with E-state index in [2.05, 4.69) is 25.7 Å². The van der Waals surface area contributed by atoms with Crippen LogP contribution in [0, 0.1) is 5.92 Å². The molecule has 1 saturated carbocycles. The van der Waals surface area contributed by atoms with Gasteiger partial charge in [-0.1, -0.05) is 37.9 Å². The topological polar surface area (TPSA) is 29.3 Å². The lowest BCUT2D eigenvalue weighted by Gasteiger charge is -2.50. The maximum absolute atomic E-state index is 6.71. The van der Waals surface area contributed by atoms with Crippen molar-refractivity contribution in [3.05, 3.63) is 0 Å². The van der Waals surface area contributed by atoms with Crippen LogP contribution in [0.2, 0.25) is 0 Å². The number of fused-ring (bicyclic) bond motifs is 1. The Bertz CT molecular complexity index is 325. The maximum atomic E-state index is 6.71. The van der Waals surface area contributed by atoms with E-state index in [0.717, 1.165) is 6.42 Å². The molecule has 1 saturated heterocycles. The zero-order chi connectivity index (χ0) is 14.0. The van der Waals surface area contributed by atoms with Crippen LogP contribution < -0.4 is 5.73 Å². The predicted molar refractivity (Wildman–Crippen MR) is 86.4 cm³/mol. The Balaban J connectivity index is 2.27. The van der Waals surface area contributed by atoms with Gasteiger partial charge in [-0.3, -0.25) is 0 Å². The van der Waals surface area contributed by atoms with Gasteiger partial charge in [0.05, 0.1) is 4.99 Å². The molecular weight excluding hydrogens is 252 g/mol. The van der Waals surface area contributed by atoms with Gasteiger partial charge in [0.25, 0.3) is 0 Å². The molecule has 19 heavy (non-hydrogen) atoms. The largest absolute Gasteiger partial charge is 0.360 e. The Labute approximate surface area is 124 Å². The fourth-order valence-electron chi connectivity index (χ4n) is 4.16. The van der Waals surface area contributed by atoms with Gasteiger partial charge in [0.2, 0.25) is 0 Å². The summed E-state index contributed by atoms with van der Waals surface area (Å²) in [6, 6.07) is 1.09. The first-order valence-corrected chi connectivity index (χ1v) is 8.44. The lowest BCUT2D eigenvalue weighted by molar-refractivity contribution is 0.0957. The van der Waals surface area contributed by atoms with Gasteiger partial charge < -0.3 is 10.6 Å². The third kappa shape index (κ3) is 3.30. The lowest BCUT2D eigenvalue weighted by Crippen LogP contribution is -2.59. The summed E-state index contributed by atoms with van der Waals surface area (Å²) in [5.41, 5.74) is 6.69. The maximum Gasteiger partial charge on any atom is 0.0784 e. The Morgan fingerprint density at radius 2 is 1.89 bits per heavy atom. The molecule has 2 fully saturated rings. The van der Waals surface area contributed by atoms with Gasteiger partial charge >= 0.3 is 0 Å². The van der Waals surface area contributed by atoms with E-state index in [4.69, 9.17) is 18.0 Å². The molecule has 1 heterocycles. The summed E-state index contributed by atoms with van der Waals surface area (Å²) in [5.74, 6) is 0.611. The molecule has 3 atom stereocenters. The van der Waals surface area contributed by atoms with Gasteiger partial charge in [-0.05, 0) is 52.4 Å². The predicted octanol–water partition coefficient (Wildman–Crippen LogP) is 3.87. The average Bonchev–Trinajstić information content (AvgIpc) is 2.38. The quantitative estimate of drug-likeness (QED) is 0.740. The highest BCUT2D eigenvalue weighted by atomic mass is 32.1. The number of hydrogen-bond acceptors (Lipinski definition) is 2. The molecule has 0 bridgehead atoms. The number of piperidine rings is 1. The average molecular weight is 282 g/mol. The molecule has 0 spiro atoms. The second-order valence-corrected chi connectivity index (χ2v) is 7.54. The van der Waals surface area contributed by atoms with Crippen LogP contribution in [0.1, 0.15) is 72.1 Å². The van der Waals surface area contributed by atoms with Gasteiger partial charge in [0.1, 0.15) is 0 Å². The van der Waals surface area contributed by atoms with Crippen LogP contribution in [0.4, 0.5) is 0 Å². The molecule has 110 valence electrons. The molecule has 2 aliphatic rings. The van der Waals surface area contributed by atoms with Crippen LogP contribution >= 0.6 is 12.2 Å². The third-order valence-corrected chi connectivity index (χ3v) is 5.56. The van der Waals surface area contributed by atoms with E-state index < -0.39 is 0 Å². The fraction of sp³-hybridized carbons (Fsp3) is 0.938. The summed E-state index contributed by atoms with van der Waals surface area (Å²) in [7, 11) is 0. The molecule has 0 aromatic carbocycles. The minimum absolute atomic E-state index is 0.0157. The molecule has 2 N–H and O–H groups in total. The van der Waals surface area contributed by atoms with Crippen LogP contribution in [0.3, 0.4) is 0 Å². The van der Waals surface area contributed by atoms with Crippen LogP contribution in [0.15, 0.2) is 0 Å². The van der Waals surface area contributed by atoms with Crippen molar-refractivity contribution < 1.29 is 0 Å². The first-order valence-electron chi connectivity index (χ1n) is 8.03. The number of hydrogen-bond donors (Lipinski definition) is 1. The SMILES string of the molecule is CC(C)N1C(=S)CCC2C1CCCCCCC2(C)N. The molecule has 3 unspecified atom stereocenters. The third-order valence-electron chi connectivity index (χ3n) is 5.15. The van der Waals surface area contributed by atoms with Gasteiger partial charge in [-0.25, -0.2) is 0 Å². The standard InChI is InChI=1S/C16H30N2S/c1-12(2)18-14-8-6-4-5-7-11-16(3,17)13(14)9-10-15(18)19/h12-14H,4-11,17H2,1-3H3. The molecule has 2 nitrogen and oxygen atoms in total. The van der Waals surface area contributed by atoms with Crippen molar-refractivity contribution in [2.45, 2.75) is 89.8 Å². The molecule has 0 amide bonds. The molecule has 0 aromatic heterocycles. The van der Waals surface area contributed by atoms with Gasteiger partial charge in [0, 0.05) is 17.6 Å². The second kappa shape index (κ2) is 6.09. The summed E-state index contributed by atoms with van der Waals surface area (Å²) in [6.07, 6.45) is 10.0. The highest BCUT2D eigenvalue weighted by Gasteiger charge is 2.42. The Morgan fingerprint density at radius 1 is 1.21 bits per heavy atom. The Kier molecular flexibility index (Phi) is 4.88. The number of likely N-dealkylation sites (tertiary alicyclic amines) is 1. The van der Waals surface area contributed by atoms with Crippen molar-refractivity contribution in [2.75, 3.05) is 0 Å². The lowest BCUT2D eigenvalue weighted by atomic mass is 9.72. The van der Waals surface area contributed by atoms with E-state index in [1.165, 1.54) is 49.9 Å². The van der Waals surface area contributed by atoms with E-state index in [1.54, 1.807) is 0 Å². The fourth-order valence-corrected chi connectivity index (χ4v) is 4.62. The summed E-state index contributed by atoms with van der Waals surface area (Å²) < 4.78 is 0. The van der Waals surface area contributed by atoms with Crippen LogP contribution in [0.5, 0.6) is 0 Å². The number of nitrogens with zero attached hydrogens (tertiary/aromatic N) is 1. The van der Waals surface area contributed by atoms with Crippen molar-refractivity contribution in [3.63, 3.8) is 0 Å².